The van der Waals surface area contributed by atoms with Crippen molar-refractivity contribution in [2.24, 2.45) is 4.99 Å². The Morgan fingerprint density at radius 1 is 0.600 bits per heavy atom. The lowest BCUT2D eigenvalue weighted by Gasteiger charge is -2.25. The Morgan fingerprint density at radius 2 is 1.29 bits per heavy atom. The normalized spacial score (nSPS) is 19.8. The highest BCUT2D eigenvalue weighted by Gasteiger charge is 2.45. The number of anilines is 3. The van der Waals surface area contributed by atoms with Crippen LogP contribution in [-0.4, -0.2) is 22.6 Å². The third-order valence-corrected chi connectivity index (χ3v) is 7.37. The Bertz CT molecular complexity index is 1670. The summed E-state index contributed by atoms with van der Waals surface area (Å²) in [6.45, 7) is 0. The molecule has 5 aromatic rings. The molecular weight excluding hydrogens is 428 g/mol. The van der Waals surface area contributed by atoms with Gasteiger partial charge in [-0.1, -0.05) is 78.9 Å². The number of aliphatic imine (C=N–C) groups is 1. The quantitative estimate of drug-likeness (QED) is 0.290. The molecule has 0 N–H and O–H groups in total. The van der Waals surface area contributed by atoms with Gasteiger partial charge in [0.15, 0.2) is 0 Å². The minimum Gasteiger partial charge on any atom is -0.309 e. The van der Waals surface area contributed by atoms with Crippen molar-refractivity contribution < 1.29 is 0 Å². The highest BCUT2D eigenvalue weighted by atomic mass is 15.5. The maximum atomic E-state index is 5.16. The van der Waals surface area contributed by atoms with Crippen LogP contribution < -0.4 is 9.80 Å². The van der Waals surface area contributed by atoms with E-state index in [0.29, 0.717) is 0 Å². The van der Waals surface area contributed by atoms with Gasteiger partial charge in [0.25, 0.3) is 0 Å². The molecule has 0 amide bonds. The number of aromatic nitrogens is 1. The Labute approximate surface area is 203 Å². The van der Waals surface area contributed by atoms with Gasteiger partial charge in [0.2, 0.25) is 5.96 Å². The molecule has 4 nitrogen and oxygen atoms in total. The van der Waals surface area contributed by atoms with Crippen LogP contribution in [0.25, 0.3) is 27.5 Å². The molecule has 0 spiro atoms. The zero-order chi connectivity index (χ0) is 22.9. The van der Waals surface area contributed by atoms with Gasteiger partial charge in [-0.2, -0.15) is 0 Å². The highest BCUT2D eigenvalue weighted by molar-refractivity contribution is 6.22. The van der Waals surface area contributed by atoms with Crippen molar-refractivity contribution in [3.63, 3.8) is 0 Å². The second kappa shape index (κ2) is 6.97. The zero-order valence-corrected chi connectivity index (χ0v) is 19.0. The van der Waals surface area contributed by atoms with E-state index in [1.807, 2.05) is 0 Å². The Morgan fingerprint density at radius 3 is 2.06 bits per heavy atom. The smallest absolute Gasteiger partial charge is 0.211 e. The van der Waals surface area contributed by atoms with Crippen molar-refractivity contribution >= 4 is 44.8 Å². The lowest BCUT2D eigenvalue weighted by molar-refractivity contribution is 0.740. The second-order valence-corrected chi connectivity index (χ2v) is 9.26. The van der Waals surface area contributed by atoms with Crippen LogP contribution in [0, 0.1) is 0 Å². The lowest BCUT2D eigenvalue weighted by Crippen LogP contribution is -2.39. The number of allylic oxidation sites excluding steroid dienone is 2. The minimum atomic E-state index is 0.131. The summed E-state index contributed by atoms with van der Waals surface area (Å²) in [4.78, 5) is 9.86. The van der Waals surface area contributed by atoms with Gasteiger partial charge in [0.1, 0.15) is 0 Å². The number of rotatable bonds is 2. The van der Waals surface area contributed by atoms with E-state index in [9.17, 15) is 0 Å². The van der Waals surface area contributed by atoms with Crippen LogP contribution in [0.1, 0.15) is 0 Å². The minimum absolute atomic E-state index is 0.131. The van der Waals surface area contributed by atoms with Crippen molar-refractivity contribution in [3.05, 3.63) is 121 Å². The van der Waals surface area contributed by atoms with Gasteiger partial charge in [-0.3, -0.25) is 4.90 Å². The Hall–Kier alpha value is -4.57. The molecule has 2 unspecified atom stereocenters. The average molecular weight is 451 g/mol. The molecule has 166 valence electrons. The van der Waals surface area contributed by atoms with Gasteiger partial charge >= 0.3 is 0 Å². The predicted molar refractivity (Wildman–Crippen MR) is 145 cm³/mol. The van der Waals surface area contributed by atoms with Gasteiger partial charge in [0.05, 0.1) is 34.5 Å². The fourth-order valence-corrected chi connectivity index (χ4v) is 5.88. The topological polar surface area (TPSA) is 23.8 Å². The van der Waals surface area contributed by atoms with E-state index in [4.69, 9.17) is 4.99 Å². The van der Waals surface area contributed by atoms with Gasteiger partial charge in [-0.05, 0) is 42.5 Å². The number of fused-ring (bicyclic) bond motifs is 8. The van der Waals surface area contributed by atoms with E-state index >= 15 is 0 Å². The van der Waals surface area contributed by atoms with Gasteiger partial charge in [-0.25, -0.2) is 4.99 Å². The predicted octanol–water partition coefficient (Wildman–Crippen LogP) is 6.97. The van der Waals surface area contributed by atoms with Crippen LogP contribution in [0.2, 0.25) is 0 Å². The Kier molecular flexibility index (Phi) is 3.74. The molecule has 4 heteroatoms. The number of hydrogen-bond acceptors (Lipinski definition) is 3. The summed E-state index contributed by atoms with van der Waals surface area (Å²) >= 11 is 0. The standard InChI is InChI=1S/C31H22N4/c1-2-10-21(11-3-1)34-29-19-18-22(20-30(29)35-28-17-9-6-14-25(28)32-31(34)35)33-26-15-7-4-12-23(26)24-13-5-8-16-27(24)33/h1-20,25,28H. The van der Waals surface area contributed by atoms with Crippen molar-refractivity contribution in [1.29, 1.82) is 0 Å². The first-order valence-corrected chi connectivity index (χ1v) is 12.1. The zero-order valence-electron chi connectivity index (χ0n) is 19.0. The average Bonchev–Trinajstić information content (AvgIpc) is 3.55. The molecule has 2 atom stereocenters. The summed E-state index contributed by atoms with van der Waals surface area (Å²) in [6.07, 6.45) is 8.72. The lowest BCUT2D eigenvalue weighted by atomic mass is 10.0. The molecule has 0 saturated heterocycles. The molecule has 1 aliphatic carbocycles. The summed E-state index contributed by atoms with van der Waals surface area (Å²) in [5.41, 5.74) is 7.10. The van der Waals surface area contributed by atoms with E-state index in [1.54, 1.807) is 0 Å². The highest BCUT2D eigenvalue weighted by Crippen LogP contribution is 2.48. The molecule has 0 saturated carbocycles. The molecule has 8 rings (SSSR count). The molecule has 0 bridgehead atoms. The number of hydrogen-bond donors (Lipinski definition) is 0. The fourth-order valence-electron chi connectivity index (χ4n) is 5.88. The molecule has 3 heterocycles. The third-order valence-electron chi connectivity index (χ3n) is 7.37. The second-order valence-electron chi connectivity index (χ2n) is 9.26. The Balaban J connectivity index is 1.38. The number of guanidine groups is 1. The van der Waals surface area contributed by atoms with Crippen LogP contribution in [0.4, 0.5) is 17.1 Å². The molecule has 0 radical (unpaired) electrons. The molecular formula is C31H22N4. The summed E-state index contributed by atoms with van der Waals surface area (Å²) in [6, 6.07) is 35.0. The summed E-state index contributed by atoms with van der Waals surface area (Å²) in [5, 5.41) is 2.55. The first-order valence-electron chi connectivity index (χ1n) is 12.1. The van der Waals surface area contributed by atoms with Crippen LogP contribution in [0.3, 0.4) is 0 Å². The van der Waals surface area contributed by atoms with Crippen LogP contribution >= 0.6 is 0 Å². The van der Waals surface area contributed by atoms with E-state index in [2.05, 4.69) is 136 Å². The molecule has 0 fully saturated rings. The van der Waals surface area contributed by atoms with Gasteiger partial charge in [0, 0.05) is 22.1 Å². The van der Waals surface area contributed by atoms with Crippen LogP contribution in [-0.2, 0) is 0 Å². The van der Waals surface area contributed by atoms with Gasteiger partial charge in [-0.15, -0.1) is 0 Å². The van der Waals surface area contributed by atoms with E-state index in [0.717, 1.165) is 17.3 Å². The fraction of sp³-hybridized carbons (Fsp3) is 0.0645. The van der Waals surface area contributed by atoms with Crippen LogP contribution in [0.15, 0.2) is 126 Å². The molecule has 2 aliphatic heterocycles. The SMILES string of the molecule is C1=CC2N=C3N(c4ccccc4)c4ccc(-n5c6ccccc6c6ccccc65)cc4N3C2C=C1. The van der Waals surface area contributed by atoms with E-state index < -0.39 is 0 Å². The number of nitrogens with zero attached hydrogens (tertiary/aromatic N) is 4. The summed E-state index contributed by atoms with van der Waals surface area (Å²) in [5.74, 6) is 0.997. The van der Waals surface area contributed by atoms with Crippen molar-refractivity contribution in [3.8, 4) is 5.69 Å². The van der Waals surface area contributed by atoms with E-state index in [1.165, 1.54) is 33.2 Å². The van der Waals surface area contributed by atoms with Crippen LogP contribution in [0.5, 0.6) is 0 Å². The number of benzene rings is 4. The maximum absolute atomic E-state index is 5.16. The number of para-hydroxylation sites is 3. The maximum Gasteiger partial charge on any atom is 0.211 e. The first-order chi connectivity index (χ1) is 17.4. The molecule has 1 aromatic heterocycles. The molecule has 3 aliphatic rings. The summed E-state index contributed by atoms with van der Waals surface area (Å²) in [7, 11) is 0. The van der Waals surface area contributed by atoms with Crippen molar-refractivity contribution in [2.75, 3.05) is 9.80 Å². The molecule has 4 aromatic carbocycles. The van der Waals surface area contributed by atoms with Crippen molar-refractivity contribution in [1.82, 2.24) is 4.57 Å². The molecule has 35 heavy (non-hydrogen) atoms. The third kappa shape index (κ3) is 2.54. The first kappa shape index (κ1) is 18.8. The summed E-state index contributed by atoms with van der Waals surface area (Å²) < 4.78 is 2.39. The van der Waals surface area contributed by atoms with E-state index in [-0.39, 0.29) is 12.1 Å². The monoisotopic (exact) mass is 450 g/mol. The largest absolute Gasteiger partial charge is 0.309 e. The van der Waals surface area contributed by atoms with Crippen molar-refractivity contribution in [2.45, 2.75) is 12.1 Å². The van der Waals surface area contributed by atoms with Gasteiger partial charge < -0.3 is 9.47 Å².